The number of pyridine rings is 4. The maximum absolute atomic E-state index is 12.7. The van der Waals surface area contributed by atoms with Crippen molar-refractivity contribution in [2.75, 3.05) is 137 Å². The number of aromatic carboxylic acids is 1. The van der Waals surface area contributed by atoms with Gasteiger partial charge in [-0.05, 0) is 267 Å². The number of aliphatic hydroxyl groups excluding tert-OH is 1. The first kappa shape index (κ1) is 96.4. The van der Waals surface area contributed by atoms with E-state index >= 15 is 0 Å². The zero-order valence-corrected chi connectivity index (χ0v) is 72.6. The Bertz CT molecular complexity index is 4510. The molecule has 0 radical (unpaired) electrons. The van der Waals surface area contributed by atoms with Crippen molar-refractivity contribution in [2.45, 2.75) is 184 Å². The molecule has 0 unspecified atom stereocenters. The molecular weight excluding hydrogens is 1580 g/mol. The first-order chi connectivity index (χ1) is 55.2. The van der Waals surface area contributed by atoms with Crippen LogP contribution < -0.4 is 24.2 Å². The molecule has 6 saturated heterocycles. The summed E-state index contributed by atoms with van der Waals surface area (Å²) in [6.07, 6.45) is 28.3. The first-order valence-electron chi connectivity index (χ1n) is 40.7. The largest absolute Gasteiger partial charge is 1.00 e. The predicted molar refractivity (Wildman–Crippen MR) is 455 cm³/mol. The fourth-order valence-electron chi connectivity index (χ4n) is 14.7. The summed E-state index contributed by atoms with van der Waals surface area (Å²) in [5.74, 6) is -2.30. The van der Waals surface area contributed by atoms with E-state index in [0.717, 1.165) is 130 Å². The van der Waals surface area contributed by atoms with Crippen LogP contribution in [-0.2, 0) is 33.8 Å². The van der Waals surface area contributed by atoms with Gasteiger partial charge in [-0.3, -0.25) is 9.89 Å². The number of aliphatic hydroxyl groups is 1. The van der Waals surface area contributed by atoms with Crippen LogP contribution in [0, 0.1) is 27.7 Å². The number of aryl methyl sites for hydroxylation is 7. The fourth-order valence-corrected chi connectivity index (χ4v) is 16.2. The van der Waals surface area contributed by atoms with Crippen molar-refractivity contribution in [3.05, 3.63) is 119 Å². The number of nitrogens with zero attached hydrogens (tertiary/aromatic N) is 16. The number of likely N-dealkylation sites (tertiary alicyclic amines) is 5. The van der Waals surface area contributed by atoms with Crippen LogP contribution in [0.25, 0.3) is 44.1 Å². The van der Waals surface area contributed by atoms with E-state index in [9.17, 15) is 19.2 Å². The number of hydrogen-bond donors (Lipinski definition) is 4. The number of H-pyrrole nitrogens is 1. The number of carboxylic acids is 1. The molecule has 116 heavy (non-hydrogen) atoms. The van der Waals surface area contributed by atoms with E-state index in [1.165, 1.54) is 187 Å². The second kappa shape index (κ2) is 50.4. The molecule has 28 nitrogen and oxygen atoms in total. The number of ether oxygens (including phenoxy) is 3. The van der Waals surface area contributed by atoms with Crippen molar-refractivity contribution < 1.29 is 67.9 Å². The summed E-state index contributed by atoms with van der Waals surface area (Å²) >= 11 is 31.2. The van der Waals surface area contributed by atoms with Gasteiger partial charge in [0.05, 0.1) is 94.2 Å². The number of esters is 2. The number of aromatic nitrogens is 12. The molecule has 0 atom stereocenters. The first-order valence-corrected chi connectivity index (χ1v) is 42.6. The van der Waals surface area contributed by atoms with Crippen LogP contribution in [0.1, 0.15) is 201 Å². The van der Waals surface area contributed by atoms with Crippen molar-refractivity contribution in [1.82, 2.24) is 84.0 Å². The Morgan fingerprint density at radius 3 is 1.17 bits per heavy atom. The molecule has 0 spiro atoms. The molecule has 14 heterocycles. The Labute approximate surface area is 718 Å². The van der Waals surface area contributed by atoms with Crippen LogP contribution in [0.4, 0.5) is 5.69 Å². The van der Waals surface area contributed by atoms with Gasteiger partial charge in [0.1, 0.15) is 0 Å². The van der Waals surface area contributed by atoms with Crippen molar-refractivity contribution in [2.24, 2.45) is 0 Å². The Balaban J connectivity index is 0.000000197. The second-order valence-electron chi connectivity index (χ2n) is 29.3. The van der Waals surface area contributed by atoms with Gasteiger partial charge in [0.2, 0.25) is 0 Å². The number of unbranched alkanes of at least 4 members (excludes halogenated alkanes) is 1. The molecule has 630 valence electrons. The van der Waals surface area contributed by atoms with Gasteiger partial charge in [-0.15, -0.1) is 0 Å². The monoisotopic (exact) mass is 1690 g/mol. The molecule has 34 heteroatoms. The number of hydrogen-bond acceptors (Lipinski definition) is 22. The number of amides is 1. The number of fused-ring (bicyclic) bond motifs is 4. The van der Waals surface area contributed by atoms with Gasteiger partial charge in [-0.1, -0.05) is 71.3 Å². The Kier molecular flexibility index (Phi) is 41.9. The molecule has 0 bridgehead atoms. The average Bonchev–Trinajstić information content (AvgIpc) is 1.64. The van der Waals surface area contributed by atoms with E-state index in [4.69, 9.17) is 82.4 Å². The van der Waals surface area contributed by atoms with Crippen molar-refractivity contribution >= 4 is 132 Å². The maximum atomic E-state index is 12.7. The molecule has 0 aliphatic carbocycles. The van der Waals surface area contributed by atoms with Crippen LogP contribution in [0.2, 0.25) is 25.1 Å². The number of carbonyl (C=O) groups excluding carboxylic acids is 3. The number of carbonyl (C=O) groups is 4. The zero-order chi connectivity index (χ0) is 81.5. The van der Waals surface area contributed by atoms with Crippen molar-refractivity contribution in [1.29, 1.82) is 0 Å². The SMILES string of the molecule is C1CCOC1.CCCCN1CCCC1.CCOC(=O)c1cnc2c(c(C)nn2CCCN2CCCC2)c1Cl.CCOC(=O)c1cnc2n[nH]c(C)c2c1Cl.Cc1nn(CCCN2CCCC2)c2ncc(C(=O)Nc3ccc(Cl)cc3)c(Cl)c12.Cc1nn(CCCN2CCCC2)c2ncc(C(=O)O)c(Cl)c12.OCCCN1CCCC1.[Li+].[OH-]. The third-order valence-electron chi connectivity index (χ3n) is 20.7. The minimum absolute atomic E-state index is 0. The van der Waals surface area contributed by atoms with Crippen LogP contribution >= 0.6 is 58.0 Å². The summed E-state index contributed by atoms with van der Waals surface area (Å²) in [6, 6.07) is 6.92. The number of benzene rings is 1. The number of carboxylic acid groups (broad SMARTS) is 1. The standard InChI is InChI=1S/C21H23Cl2N5O.C17H23ClN4O2.C15H19ClN4O2.C10H10ClN3O2.C8H17N.C7H15NO.C4H8O.Li.H2O/c1-14-18-19(23)17(21(29)25-16-7-5-15(22)6-8-16)13-24-20(18)28(26-14)12-4-11-27-9-2-3-10-27;1-3-24-17(23)13-11-19-16-14(15(13)18)12(2)20-22(16)10-6-9-21-7-4-5-8-21;1-10-12-13(16)11(15(21)22)9-17-14(12)20(18-10)8-4-7-19-5-2-3-6-19;1-3-16-10(15)6-4-12-9-7(8(6)11)5(2)13-14-9;1-2-3-6-9-7-4-5-8-9;9-7-3-6-8-4-1-2-5-8;1-2-4-5-3-1;;/h5-8,13H,2-4,9-12H2,1H3,(H,25,29);11H,3-10H2,1-2H3;9H,2-8H2,1H3,(H,21,22);4H,3H2,1-2H3,(H,12,13,14);2-8H2,1H3;9H,1-7H2;1-4H2;;1H2/q;;;;;;;+1;/p-1. The van der Waals surface area contributed by atoms with Crippen LogP contribution in [0.5, 0.6) is 0 Å². The number of halogens is 5. The van der Waals surface area contributed by atoms with Crippen molar-refractivity contribution in [3.8, 4) is 0 Å². The van der Waals surface area contributed by atoms with Gasteiger partial charge in [0.25, 0.3) is 5.91 Å². The molecule has 6 aliphatic rings. The van der Waals surface area contributed by atoms with Crippen molar-refractivity contribution in [3.63, 3.8) is 0 Å². The molecule has 6 aliphatic heterocycles. The third-order valence-corrected chi connectivity index (χ3v) is 22.5. The van der Waals surface area contributed by atoms with Gasteiger partial charge < -0.3 is 59.7 Å². The number of nitrogens with one attached hydrogen (secondary N) is 2. The molecule has 1 amide bonds. The summed E-state index contributed by atoms with van der Waals surface area (Å²) in [5, 5.41) is 45.5. The molecule has 9 aromatic rings. The quantitative estimate of drug-likeness (QED) is 0.0305. The molecular formula is C82H116Cl5LiN18O10. The minimum atomic E-state index is -1.07. The topological polar surface area (TPSA) is 328 Å². The Morgan fingerprint density at radius 2 is 0.810 bits per heavy atom. The normalized spacial score (nSPS) is 15.6. The average molecular weight is 1700 g/mol. The number of anilines is 1. The molecule has 1 aromatic carbocycles. The molecule has 5 N–H and O–H groups in total. The van der Waals surface area contributed by atoms with Crippen LogP contribution in [0.3, 0.4) is 0 Å². The van der Waals surface area contributed by atoms with E-state index in [2.05, 4.69) is 82.2 Å². The summed E-state index contributed by atoms with van der Waals surface area (Å²) in [7, 11) is 0. The maximum Gasteiger partial charge on any atom is 1.00 e. The van der Waals surface area contributed by atoms with Crippen LogP contribution in [0.15, 0.2) is 49.1 Å². The predicted octanol–water partition coefficient (Wildman–Crippen LogP) is 12.5. The van der Waals surface area contributed by atoms with E-state index < -0.39 is 17.9 Å². The number of rotatable bonds is 25. The number of aromatic amines is 1. The summed E-state index contributed by atoms with van der Waals surface area (Å²) in [4.78, 5) is 77.0. The van der Waals surface area contributed by atoms with E-state index in [1.807, 2.05) is 41.7 Å². The van der Waals surface area contributed by atoms with Gasteiger partial charge >= 0.3 is 36.8 Å². The Morgan fingerprint density at radius 1 is 0.466 bits per heavy atom. The minimum Gasteiger partial charge on any atom is -0.870 e. The molecule has 8 aromatic heterocycles. The van der Waals surface area contributed by atoms with E-state index in [-0.39, 0.29) is 46.4 Å². The fraction of sp³-hybridized carbons (Fsp3) is 0.585. The van der Waals surface area contributed by atoms with Gasteiger partial charge in [-0.25, -0.2) is 48.4 Å². The smallest absolute Gasteiger partial charge is 0.870 e. The van der Waals surface area contributed by atoms with Crippen LogP contribution in [-0.4, -0.2) is 255 Å². The molecule has 0 saturated carbocycles. The summed E-state index contributed by atoms with van der Waals surface area (Å²) in [6.45, 7) is 36.5. The van der Waals surface area contributed by atoms with E-state index in [1.54, 1.807) is 38.1 Å². The van der Waals surface area contributed by atoms with Gasteiger partial charge in [0, 0.05) is 87.2 Å². The Hall–Kier alpha value is -6.69. The second-order valence-corrected chi connectivity index (χ2v) is 31.2. The molecule has 6 fully saturated rings. The third kappa shape index (κ3) is 27.9. The zero-order valence-electron chi connectivity index (χ0n) is 68.9. The van der Waals surface area contributed by atoms with Gasteiger partial charge in [-0.2, -0.15) is 20.4 Å². The molecule has 15 rings (SSSR count). The summed E-state index contributed by atoms with van der Waals surface area (Å²) in [5.41, 5.74) is 7.22. The van der Waals surface area contributed by atoms with E-state index in [0.29, 0.717) is 78.8 Å². The van der Waals surface area contributed by atoms with Gasteiger partial charge in [0.15, 0.2) is 22.6 Å². The summed E-state index contributed by atoms with van der Waals surface area (Å²) < 4.78 is 20.5.